The van der Waals surface area contributed by atoms with Gasteiger partial charge in [-0.1, -0.05) is 29.4 Å². The Kier molecular flexibility index (Phi) is 4.74. The number of rotatable bonds is 4. The lowest BCUT2D eigenvalue weighted by atomic mass is 10.2. The normalized spacial score (nSPS) is 9.57. The number of anilines is 1. The molecule has 7 heteroatoms. The zero-order valence-electron chi connectivity index (χ0n) is 10.9. The van der Waals surface area contributed by atoms with Crippen molar-refractivity contribution in [2.45, 2.75) is 6.61 Å². The zero-order chi connectivity index (χ0) is 15.1. The largest absolute Gasteiger partial charge is 0.444 e. The van der Waals surface area contributed by atoms with Gasteiger partial charge in [-0.15, -0.1) is 0 Å². The molecule has 106 valence electrons. The molecule has 0 aliphatic rings. The average molecular weight is 286 g/mol. The second-order valence-corrected chi connectivity index (χ2v) is 4.06. The summed E-state index contributed by atoms with van der Waals surface area (Å²) in [7, 11) is 0. The summed E-state index contributed by atoms with van der Waals surface area (Å²) in [4.78, 5) is 14.2. The first kappa shape index (κ1) is 14.4. The van der Waals surface area contributed by atoms with Crippen LogP contribution >= 0.6 is 0 Å². The monoisotopic (exact) mass is 286 g/mol. The maximum Gasteiger partial charge on any atom is 0.411 e. The van der Waals surface area contributed by atoms with Crippen LogP contribution in [0, 0.1) is 5.82 Å². The molecule has 0 fully saturated rings. The fourth-order valence-corrected chi connectivity index (χ4v) is 1.55. The highest BCUT2D eigenvalue weighted by molar-refractivity contribution is 5.84. The van der Waals surface area contributed by atoms with Crippen LogP contribution in [0.1, 0.15) is 5.56 Å². The molecule has 0 radical (unpaired) electrons. The van der Waals surface area contributed by atoms with E-state index in [0.717, 1.165) is 5.56 Å². The molecule has 0 atom stereocenters. The van der Waals surface area contributed by atoms with Crippen molar-refractivity contribution in [1.29, 1.82) is 0 Å². The Labute approximate surface area is 119 Å². The van der Waals surface area contributed by atoms with Crippen LogP contribution < -0.4 is 5.32 Å². The fraction of sp³-hybridized carbons (Fsp3) is 0.0714. The van der Waals surface area contributed by atoms with E-state index in [-0.39, 0.29) is 12.4 Å². The molecule has 2 aromatic carbocycles. The van der Waals surface area contributed by atoms with Gasteiger partial charge in [0, 0.05) is 16.3 Å². The molecule has 2 rings (SSSR count). The highest BCUT2D eigenvalue weighted by Gasteiger charge is 2.04. The van der Waals surface area contributed by atoms with E-state index < -0.39 is 6.09 Å². The van der Waals surface area contributed by atoms with Crippen LogP contribution in [0.5, 0.6) is 0 Å². The molecule has 0 unspecified atom stereocenters. The number of halogens is 1. The van der Waals surface area contributed by atoms with E-state index in [2.05, 4.69) is 15.3 Å². The van der Waals surface area contributed by atoms with E-state index in [0.29, 0.717) is 11.4 Å². The number of hydrogen-bond acceptors (Lipinski definition) is 3. The van der Waals surface area contributed by atoms with Gasteiger partial charge in [-0.2, -0.15) is 0 Å². The van der Waals surface area contributed by atoms with Gasteiger partial charge in [0.1, 0.15) is 12.4 Å². The van der Waals surface area contributed by atoms with Gasteiger partial charge < -0.3 is 4.74 Å². The molecule has 0 saturated carbocycles. The lowest BCUT2D eigenvalue weighted by Crippen LogP contribution is -2.13. The number of hydrogen-bond donors (Lipinski definition) is 1. The molecular weight excluding hydrogens is 275 g/mol. The third-order valence-electron chi connectivity index (χ3n) is 2.56. The van der Waals surface area contributed by atoms with E-state index in [1.165, 1.54) is 24.3 Å². The second-order valence-electron chi connectivity index (χ2n) is 4.06. The number of azide groups is 1. The van der Waals surface area contributed by atoms with Crippen molar-refractivity contribution in [3.63, 3.8) is 0 Å². The summed E-state index contributed by atoms with van der Waals surface area (Å²) in [6.45, 7) is 0.0730. The maximum absolute atomic E-state index is 12.7. The molecule has 6 nitrogen and oxygen atoms in total. The quantitative estimate of drug-likeness (QED) is 0.509. The van der Waals surface area contributed by atoms with E-state index in [1.54, 1.807) is 24.3 Å². The summed E-state index contributed by atoms with van der Waals surface area (Å²) in [5.41, 5.74) is 9.96. The molecular formula is C14H11FN4O2. The summed E-state index contributed by atoms with van der Waals surface area (Å²) in [5, 5.41) is 5.91. The number of carbonyl (C=O) groups excluding carboxylic acids is 1. The predicted octanol–water partition coefficient (Wildman–Crippen LogP) is 4.52. The molecule has 2 aromatic rings. The van der Waals surface area contributed by atoms with E-state index >= 15 is 0 Å². The molecule has 0 aromatic heterocycles. The molecule has 0 heterocycles. The molecule has 0 bridgehead atoms. The fourth-order valence-electron chi connectivity index (χ4n) is 1.55. The highest BCUT2D eigenvalue weighted by Crippen LogP contribution is 2.14. The van der Waals surface area contributed by atoms with Gasteiger partial charge in [-0.3, -0.25) is 5.32 Å². The molecule has 0 spiro atoms. The number of ether oxygens (including phenoxy) is 1. The van der Waals surface area contributed by atoms with Gasteiger partial charge in [0.15, 0.2) is 0 Å². The number of nitrogens with one attached hydrogen (secondary N) is 1. The Morgan fingerprint density at radius 1 is 1.19 bits per heavy atom. The minimum Gasteiger partial charge on any atom is -0.444 e. The van der Waals surface area contributed by atoms with Gasteiger partial charge in [0.2, 0.25) is 0 Å². The summed E-state index contributed by atoms with van der Waals surface area (Å²) in [6, 6.07) is 12.0. The lowest BCUT2D eigenvalue weighted by molar-refractivity contribution is 0.155. The maximum atomic E-state index is 12.7. The number of carbonyl (C=O) groups is 1. The molecule has 1 N–H and O–H groups in total. The second kappa shape index (κ2) is 6.93. The van der Waals surface area contributed by atoms with Crippen LogP contribution in [-0.2, 0) is 11.3 Å². The predicted molar refractivity (Wildman–Crippen MR) is 75.5 cm³/mol. The standard InChI is InChI=1S/C14H11FN4O2/c15-11-3-7-12(8-4-11)17-14(20)21-9-10-1-5-13(6-2-10)18-19-16/h1-8H,9H2,(H,17,20). The van der Waals surface area contributed by atoms with Crippen molar-refractivity contribution in [3.05, 3.63) is 70.4 Å². The van der Waals surface area contributed by atoms with Crippen LogP contribution in [0.2, 0.25) is 0 Å². The zero-order valence-corrected chi connectivity index (χ0v) is 10.9. The van der Waals surface area contributed by atoms with Crippen molar-refractivity contribution < 1.29 is 13.9 Å². The topological polar surface area (TPSA) is 87.1 Å². The van der Waals surface area contributed by atoms with Crippen LogP contribution in [0.25, 0.3) is 10.4 Å². The Balaban J connectivity index is 1.86. The van der Waals surface area contributed by atoms with E-state index in [1.807, 2.05) is 0 Å². The minimum atomic E-state index is -0.638. The summed E-state index contributed by atoms with van der Waals surface area (Å²) >= 11 is 0. The minimum absolute atomic E-state index is 0.0730. The first-order chi connectivity index (χ1) is 10.2. The third kappa shape index (κ3) is 4.52. The first-order valence-corrected chi connectivity index (χ1v) is 6.01. The Morgan fingerprint density at radius 2 is 1.86 bits per heavy atom. The van der Waals surface area contributed by atoms with Crippen molar-refractivity contribution in [1.82, 2.24) is 0 Å². The van der Waals surface area contributed by atoms with Crippen LogP contribution in [0.15, 0.2) is 53.6 Å². The Hall–Kier alpha value is -3.05. The molecule has 0 saturated heterocycles. The summed E-state index contributed by atoms with van der Waals surface area (Å²) in [5.74, 6) is -0.381. The first-order valence-electron chi connectivity index (χ1n) is 6.01. The van der Waals surface area contributed by atoms with E-state index in [4.69, 9.17) is 10.3 Å². The van der Waals surface area contributed by atoms with Crippen molar-refractivity contribution in [3.8, 4) is 0 Å². The average Bonchev–Trinajstić information content (AvgIpc) is 2.49. The smallest absolute Gasteiger partial charge is 0.411 e. The Bertz CT molecular complexity index is 664. The SMILES string of the molecule is [N-]=[N+]=Nc1ccc(COC(=O)Nc2ccc(F)cc2)cc1. The van der Waals surface area contributed by atoms with Crippen LogP contribution in [0.3, 0.4) is 0 Å². The summed E-state index contributed by atoms with van der Waals surface area (Å²) in [6.07, 6.45) is -0.638. The number of benzene rings is 2. The number of amides is 1. The molecule has 1 amide bonds. The summed E-state index contributed by atoms with van der Waals surface area (Å²) < 4.78 is 17.7. The lowest BCUT2D eigenvalue weighted by Gasteiger charge is -2.07. The van der Waals surface area contributed by atoms with Crippen LogP contribution in [-0.4, -0.2) is 6.09 Å². The van der Waals surface area contributed by atoms with Gasteiger partial charge in [-0.05, 0) is 35.4 Å². The van der Waals surface area contributed by atoms with Crippen molar-refractivity contribution in [2.75, 3.05) is 5.32 Å². The van der Waals surface area contributed by atoms with Gasteiger partial charge in [0.05, 0.1) is 0 Å². The third-order valence-corrected chi connectivity index (χ3v) is 2.56. The van der Waals surface area contributed by atoms with Gasteiger partial charge in [-0.25, -0.2) is 9.18 Å². The van der Waals surface area contributed by atoms with Crippen molar-refractivity contribution >= 4 is 17.5 Å². The molecule has 0 aliphatic heterocycles. The molecule has 21 heavy (non-hydrogen) atoms. The van der Waals surface area contributed by atoms with Gasteiger partial charge >= 0.3 is 6.09 Å². The van der Waals surface area contributed by atoms with Gasteiger partial charge in [0.25, 0.3) is 0 Å². The molecule has 0 aliphatic carbocycles. The van der Waals surface area contributed by atoms with Crippen LogP contribution in [0.4, 0.5) is 20.6 Å². The number of nitrogens with zero attached hydrogens (tertiary/aromatic N) is 3. The van der Waals surface area contributed by atoms with E-state index in [9.17, 15) is 9.18 Å². The Morgan fingerprint density at radius 3 is 2.48 bits per heavy atom. The van der Waals surface area contributed by atoms with Crippen molar-refractivity contribution in [2.24, 2.45) is 5.11 Å². The highest BCUT2D eigenvalue weighted by atomic mass is 19.1.